The van der Waals surface area contributed by atoms with Crippen molar-refractivity contribution in [3.05, 3.63) is 69.3 Å². The van der Waals surface area contributed by atoms with E-state index < -0.39 is 0 Å². The van der Waals surface area contributed by atoms with Gasteiger partial charge in [0.15, 0.2) is 5.65 Å². The summed E-state index contributed by atoms with van der Waals surface area (Å²) in [6.45, 7) is 5.50. The molecule has 164 valence electrons. The van der Waals surface area contributed by atoms with Gasteiger partial charge in [-0.25, -0.2) is 14.6 Å². The van der Waals surface area contributed by atoms with E-state index in [1.807, 2.05) is 35.1 Å². The summed E-state index contributed by atoms with van der Waals surface area (Å²) < 4.78 is 8.13. The average molecular weight is 447 g/mol. The first kappa shape index (κ1) is 20.7. The van der Waals surface area contributed by atoms with Crippen LogP contribution in [0.4, 0.5) is 5.82 Å². The van der Waals surface area contributed by atoms with Gasteiger partial charge in [-0.1, -0.05) is 18.2 Å². The summed E-state index contributed by atoms with van der Waals surface area (Å²) in [4.78, 5) is 13.4. The minimum atomic E-state index is -0.0664. The highest BCUT2D eigenvalue weighted by molar-refractivity contribution is 7.13. The predicted octanol–water partition coefficient (Wildman–Crippen LogP) is 4.30. The maximum Gasteiger partial charge on any atom is 0.164 e. The first-order chi connectivity index (χ1) is 15.4. The first-order valence-corrected chi connectivity index (χ1v) is 11.4. The van der Waals surface area contributed by atoms with Crippen molar-refractivity contribution in [1.29, 1.82) is 0 Å². The monoisotopic (exact) mass is 446 g/mol. The molecule has 1 aliphatic heterocycles. The van der Waals surface area contributed by atoms with Gasteiger partial charge in [0, 0.05) is 33.0 Å². The average Bonchev–Trinajstić information content (AvgIpc) is 3.37. The van der Waals surface area contributed by atoms with Crippen LogP contribution < -0.4 is 10.5 Å². The molecule has 0 saturated carbocycles. The minimum absolute atomic E-state index is 0.0664. The summed E-state index contributed by atoms with van der Waals surface area (Å²) >= 11 is 1.83. The zero-order valence-electron chi connectivity index (χ0n) is 18.7. The number of thiophene rings is 1. The number of rotatable bonds is 5. The summed E-state index contributed by atoms with van der Waals surface area (Å²) in [6.07, 6.45) is 1.50. The number of hydrogen-bond donors (Lipinski definition) is 1. The molecule has 0 bridgehead atoms. The number of para-hydroxylation sites is 1. The molecule has 3 aromatic heterocycles. The molecule has 1 aromatic carbocycles. The van der Waals surface area contributed by atoms with E-state index in [0.29, 0.717) is 12.4 Å². The number of ether oxygens (including phenoxy) is 1. The van der Waals surface area contributed by atoms with Crippen LogP contribution in [0, 0.1) is 6.92 Å². The van der Waals surface area contributed by atoms with Gasteiger partial charge in [0.1, 0.15) is 24.5 Å². The normalized spacial score (nSPS) is 14.7. The number of nitrogen functional groups attached to an aromatic ring is 1. The molecule has 0 spiro atoms. The lowest BCUT2D eigenvalue weighted by molar-refractivity contribution is 0.327. The van der Waals surface area contributed by atoms with Crippen molar-refractivity contribution in [3.63, 3.8) is 0 Å². The van der Waals surface area contributed by atoms with E-state index >= 15 is 0 Å². The van der Waals surface area contributed by atoms with Crippen molar-refractivity contribution < 1.29 is 4.74 Å². The smallest absolute Gasteiger partial charge is 0.164 e. The summed E-state index contributed by atoms with van der Waals surface area (Å²) in [5.41, 5.74) is 11.2. The zero-order valence-corrected chi connectivity index (χ0v) is 19.5. The fourth-order valence-electron chi connectivity index (χ4n) is 4.32. The highest BCUT2D eigenvalue weighted by Gasteiger charge is 2.28. The second kappa shape index (κ2) is 8.03. The number of nitrogens with zero attached hydrogens (tertiary/aromatic N) is 5. The van der Waals surface area contributed by atoms with Gasteiger partial charge in [0.05, 0.1) is 17.1 Å². The third kappa shape index (κ3) is 3.45. The Hall–Kier alpha value is -3.23. The Morgan fingerprint density at radius 1 is 1.19 bits per heavy atom. The Balaban J connectivity index is 1.69. The van der Waals surface area contributed by atoms with Crippen molar-refractivity contribution in [1.82, 2.24) is 24.6 Å². The van der Waals surface area contributed by atoms with Crippen LogP contribution in [0.15, 0.2) is 48.3 Å². The Morgan fingerprint density at radius 2 is 2.00 bits per heavy atom. The van der Waals surface area contributed by atoms with E-state index in [2.05, 4.69) is 60.2 Å². The molecule has 8 heteroatoms. The van der Waals surface area contributed by atoms with Gasteiger partial charge < -0.3 is 15.4 Å². The van der Waals surface area contributed by atoms with E-state index in [0.717, 1.165) is 34.6 Å². The van der Waals surface area contributed by atoms with E-state index in [4.69, 9.17) is 15.6 Å². The summed E-state index contributed by atoms with van der Waals surface area (Å²) in [5, 5.41) is 5.60. The number of anilines is 1. The standard InChI is InChI=1S/C24H26N6OS/c1-14-21-23(25)26-13-27-24(21)30(28-14)15(2)18-12-31-19-8-6-5-7-17(19)22(18)20-10-9-16(32-20)11-29(3)4/h5-10,13,15H,11-12H2,1-4H3,(H2,25,26,27). The second-order valence-electron chi connectivity index (χ2n) is 8.35. The van der Waals surface area contributed by atoms with Gasteiger partial charge in [0.25, 0.3) is 0 Å². The number of aryl methyl sites for hydroxylation is 1. The van der Waals surface area contributed by atoms with Crippen LogP contribution in [0.25, 0.3) is 16.6 Å². The SMILES string of the molecule is Cc1nn(C(C)C2=C(c3ccc(CN(C)C)s3)c3ccccc3OC2)c2ncnc(N)c12. The molecule has 2 N–H and O–H groups in total. The molecule has 5 rings (SSSR count). The number of nitrogens with two attached hydrogens (primary N) is 1. The molecule has 0 saturated heterocycles. The largest absolute Gasteiger partial charge is 0.488 e. The van der Waals surface area contributed by atoms with Gasteiger partial charge in [-0.2, -0.15) is 5.10 Å². The van der Waals surface area contributed by atoms with Crippen LogP contribution in [-0.4, -0.2) is 45.4 Å². The van der Waals surface area contributed by atoms with Crippen LogP contribution in [0.5, 0.6) is 5.75 Å². The first-order valence-electron chi connectivity index (χ1n) is 10.6. The van der Waals surface area contributed by atoms with E-state index in [9.17, 15) is 0 Å². The lowest BCUT2D eigenvalue weighted by atomic mass is 9.92. The van der Waals surface area contributed by atoms with Crippen LogP contribution in [0.2, 0.25) is 0 Å². The maximum atomic E-state index is 6.18. The van der Waals surface area contributed by atoms with Crippen molar-refractivity contribution in [2.75, 3.05) is 26.4 Å². The van der Waals surface area contributed by atoms with Gasteiger partial charge >= 0.3 is 0 Å². The van der Waals surface area contributed by atoms with Crippen molar-refractivity contribution in [3.8, 4) is 5.75 Å². The van der Waals surface area contributed by atoms with E-state index in [1.165, 1.54) is 27.2 Å². The quantitative estimate of drug-likeness (QED) is 0.492. The highest BCUT2D eigenvalue weighted by atomic mass is 32.1. The molecular weight excluding hydrogens is 420 g/mol. The summed E-state index contributed by atoms with van der Waals surface area (Å²) in [7, 11) is 4.18. The Labute approximate surface area is 191 Å². The van der Waals surface area contributed by atoms with E-state index in [1.54, 1.807) is 0 Å². The Kier molecular flexibility index (Phi) is 5.19. The second-order valence-corrected chi connectivity index (χ2v) is 9.52. The number of hydrogen-bond acceptors (Lipinski definition) is 7. The highest BCUT2D eigenvalue weighted by Crippen LogP contribution is 2.43. The van der Waals surface area contributed by atoms with Crippen molar-refractivity contribution in [2.45, 2.75) is 26.4 Å². The molecule has 0 amide bonds. The van der Waals surface area contributed by atoms with Crippen LogP contribution >= 0.6 is 11.3 Å². The lowest BCUT2D eigenvalue weighted by Gasteiger charge is -2.27. The molecule has 0 aliphatic carbocycles. The van der Waals surface area contributed by atoms with Crippen molar-refractivity contribution >= 4 is 33.8 Å². The fraction of sp³-hybridized carbons (Fsp3) is 0.292. The van der Waals surface area contributed by atoms with E-state index in [-0.39, 0.29) is 6.04 Å². The predicted molar refractivity (Wildman–Crippen MR) is 129 cm³/mol. The topological polar surface area (TPSA) is 82.1 Å². The van der Waals surface area contributed by atoms with Crippen molar-refractivity contribution in [2.24, 2.45) is 0 Å². The molecule has 0 radical (unpaired) electrons. The molecule has 4 aromatic rings. The zero-order chi connectivity index (χ0) is 22.4. The molecule has 1 aliphatic rings. The van der Waals surface area contributed by atoms with Gasteiger partial charge in [-0.3, -0.25) is 0 Å². The lowest BCUT2D eigenvalue weighted by Crippen LogP contribution is -2.20. The molecule has 1 atom stereocenters. The van der Waals surface area contributed by atoms with Crippen LogP contribution in [-0.2, 0) is 6.54 Å². The molecule has 0 fully saturated rings. The molecular formula is C24H26N6OS. The van der Waals surface area contributed by atoms with Crippen LogP contribution in [0.1, 0.15) is 34.0 Å². The van der Waals surface area contributed by atoms with Gasteiger partial charge in [-0.05, 0) is 46.1 Å². The number of aromatic nitrogens is 4. The third-order valence-corrected chi connectivity index (χ3v) is 6.89. The minimum Gasteiger partial charge on any atom is -0.488 e. The van der Waals surface area contributed by atoms with Gasteiger partial charge in [0.2, 0.25) is 0 Å². The van der Waals surface area contributed by atoms with Crippen LogP contribution in [0.3, 0.4) is 0 Å². The Bertz CT molecular complexity index is 1340. The molecule has 1 unspecified atom stereocenters. The fourth-order valence-corrected chi connectivity index (χ4v) is 5.54. The number of fused-ring (bicyclic) bond motifs is 2. The molecule has 32 heavy (non-hydrogen) atoms. The molecule has 4 heterocycles. The number of benzene rings is 1. The Morgan fingerprint density at radius 3 is 2.81 bits per heavy atom. The summed E-state index contributed by atoms with van der Waals surface area (Å²) in [5.74, 6) is 1.37. The molecule has 7 nitrogen and oxygen atoms in total. The third-order valence-electron chi connectivity index (χ3n) is 5.81. The summed E-state index contributed by atoms with van der Waals surface area (Å²) in [6, 6.07) is 12.6. The van der Waals surface area contributed by atoms with Gasteiger partial charge in [-0.15, -0.1) is 11.3 Å². The maximum absolute atomic E-state index is 6.18.